The van der Waals surface area contributed by atoms with Crippen LogP contribution in [0.15, 0.2) is 23.1 Å². The lowest BCUT2D eigenvalue weighted by atomic mass is 10.2. The molecule has 1 fully saturated rings. The predicted molar refractivity (Wildman–Crippen MR) is 71.3 cm³/mol. The van der Waals surface area contributed by atoms with Gasteiger partial charge < -0.3 is 0 Å². The number of hydrogen-bond acceptors (Lipinski definition) is 4. The molecule has 0 atom stereocenters. The van der Waals surface area contributed by atoms with Gasteiger partial charge in [0.1, 0.15) is 0 Å². The number of rotatable bonds is 5. The van der Waals surface area contributed by atoms with Gasteiger partial charge in [0.2, 0.25) is 10.0 Å². The number of benzene rings is 1. The monoisotopic (exact) mass is 305 g/mol. The van der Waals surface area contributed by atoms with E-state index in [9.17, 15) is 16.8 Å². The molecule has 1 aromatic rings. The summed E-state index contributed by atoms with van der Waals surface area (Å²) in [6.45, 7) is 1.58. The summed E-state index contributed by atoms with van der Waals surface area (Å²) >= 11 is 0. The van der Waals surface area contributed by atoms with E-state index in [4.69, 9.17) is 5.14 Å². The van der Waals surface area contributed by atoms with Crippen molar-refractivity contribution in [2.45, 2.75) is 30.7 Å². The van der Waals surface area contributed by atoms with E-state index >= 15 is 0 Å². The van der Waals surface area contributed by atoms with Gasteiger partial charge in [-0.2, -0.15) is 13.1 Å². The Kier molecular flexibility index (Phi) is 3.56. The maximum atomic E-state index is 11.7. The minimum Gasteiger partial charge on any atom is -0.271 e. The van der Waals surface area contributed by atoms with Crippen molar-refractivity contribution in [2.75, 3.05) is 4.72 Å². The molecule has 0 heterocycles. The highest BCUT2D eigenvalue weighted by Gasteiger charge is 2.27. The molecule has 0 aliphatic heterocycles. The van der Waals surface area contributed by atoms with Crippen molar-refractivity contribution in [1.29, 1.82) is 0 Å². The van der Waals surface area contributed by atoms with Crippen molar-refractivity contribution in [1.82, 2.24) is 4.72 Å². The third-order valence-electron chi connectivity index (χ3n) is 2.65. The number of aryl methyl sites for hydroxylation is 1. The number of sulfonamides is 1. The quantitative estimate of drug-likeness (QED) is 0.712. The molecule has 0 spiro atoms. The molecule has 106 valence electrons. The zero-order chi connectivity index (χ0) is 14.3. The van der Waals surface area contributed by atoms with Crippen molar-refractivity contribution in [2.24, 2.45) is 5.14 Å². The van der Waals surface area contributed by atoms with Crippen LogP contribution in [0.4, 0.5) is 5.69 Å². The molecule has 9 heteroatoms. The molecule has 0 radical (unpaired) electrons. The lowest BCUT2D eigenvalue weighted by Gasteiger charge is -2.10. The third-order valence-corrected chi connectivity index (χ3v) is 4.85. The third kappa shape index (κ3) is 3.90. The van der Waals surface area contributed by atoms with Gasteiger partial charge in [0.25, 0.3) is 10.2 Å². The normalized spacial score (nSPS) is 16.3. The van der Waals surface area contributed by atoms with Crippen molar-refractivity contribution in [3.05, 3.63) is 23.8 Å². The molecule has 19 heavy (non-hydrogen) atoms. The summed E-state index contributed by atoms with van der Waals surface area (Å²) in [6.07, 6.45) is 1.63. The van der Waals surface area contributed by atoms with E-state index in [1.165, 1.54) is 18.2 Å². The summed E-state index contributed by atoms with van der Waals surface area (Å²) in [7, 11) is -7.56. The minimum absolute atomic E-state index is 0.0272. The van der Waals surface area contributed by atoms with Gasteiger partial charge in [-0.1, -0.05) is 6.07 Å². The summed E-state index contributed by atoms with van der Waals surface area (Å²) in [6, 6.07) is 4.16. The second kappa shape index (κ2) is 4.75. The first-order chi connectivity index (χ1) is 8.67. The van der Waals surface area contributed by atoms with E-state index in [0.717, 1.165) is 12.8 Å². The summed E-state index contributed by atoms with van der Waals surface area (Å²) in [5.41, 5.74) is 0.614. The van der Waals surface area contributed by atoms with Crippen LogP contribution in [0.1, 0.15) is 18.4 Å². The van der Waals surface area contributed by atoms with Crippen LogP contribution in [0.5, 0.6) is 0 Å². The predicted octanol–water partition coefficient (Wildman–Crippen LogP) is 0.0511. The van der Waals surface area contributed by atoms with E-state index in [1.807, 2.05) is 0 Å². The fourth-order valence-corrected chi connectivity index (χ4v) is 3.55. The van der Waals surface area contributed by atoms with Gasteiger partial charge in [0, 0.05) is 6.04 Å². The van der Waals surface area contributed by atoms with E-state index in [1.54, 1.807) is 6.92 Å². The Morgan fingerprint density at radius 2 is 1.84 bits per heavy atom. The molecular weight excluding hydrogens is 290 g/mol. The van der Waals surface area contributed by atoms with Crippen LogP contribution >= 0.6 is 0 Å². The molecule has 1 aliphatic carbocycles. The number of nitrogens with two attached hydrogens (primary N) is 1. The second-order valence-electron chi connectivity index (χ2n) is 4.52. The van der Waals surface area contributed by atoms with Gasteiger partial charge in [-0.3, -0.25) is 4.72 Å². The summed E-state index contributed by atoms with van der Waals surface area (Å²) in [5, 5.41) is 5.06. The molecule has 0 unspecified atom stereocenters. The fourth-order valence-electron chi connectivity index (χ4n) is 1.58. The highest BCUT2D eigenvalue weighted by Crippen LogP contribution is 2.22. The number of nitrogens with one attached hydrogen (secondary N) is 2. The molecule has 1 aliphatic rings. The van der Waals surface area contributed by atoms with Crippen LogP contribution in [0.2, 0.25) is 0 Å². The van der Waals surface area contributed by atoms with Crippen LogP contribution < -0.4 is 14.6 Å². The van der Waals surface area contributed by atoms with Gasteiger partial charge in [0.15, 0.2) is 0 Å². The van der Waals surface area contributed by atoms with Crippen LogP contribution in [-0.4, -0.2) is 22.9 Å². The molecule has 0 amide bonds. The van der Waals surface area contributed by atoms with Crippen LogP contribution in [-0.2, 0) is 20.2 Å². The maximum Gasteiger partial charge on any atom is 0.299 e. The number of anilines is 1. The van der Waals surface area contributed by atoms with Gasteiger partial charge in [-0.15, -0.1) is 0 Å². The lowest BCUT2D eigenvalue weighted by Crippen LogP contribution is -2.31. The number of primary sulfonamides is 1. The standard InChI is InChI=1S/C10H15N3O4S2/c1-7-2-3-9(6-10(7)18(11,14)15)13-19(16,17)12-8-4-5-8/h2-3,6,8,12-13H,4-5H2,1H3,(H2,11,14,15). The first-order valence-electron chi connectivity index (χ1n) is 5.61. The lowest BCUT2D eigenvalue weighted by molar-refractivity contribution is 0.586. The van der Waals surface area contributed by atoms with Crippen LogP contribution in [0, 0.1) is 6.92 Å². The Morgan fingerprint density at radius 1 is 1.21 bits per heavy atom. The SMILES string of the molecule is Cc1ccc(NS(=O)(=O)NC2CC2)cc1S(N)(=O)=O. The average Bonchev–Trinajstić information content (AvgIpc) is 3.02. The first kappa shape index (κ1) is 14.3. The van der Waals surface area contributed by atoms with Gasteiger partial charge >= 0.3 is 0 Å². The zero-order valence-electron chi connectivity index (χ0n) is 10.3. The van der Waals surface area contributed by atoms with E-state index in [0.29, 0.717) is 5.56 Å². The Bertz CT molecular complexity index is 693. The topological polar surface area (TPSA) is 118 Å². The molecule has 0 saturated heterocycles. The summed E-state index contributed by atoms with van der Waals surface area (Å²) in [4.78, 5) is -0.0980. The zero-order valence-corrected chi connectivity index (χ0v) is 11.9. The van der Waals surface area contributed by atoms with E-state index in [-0.39, 0.29) is 16.6 Å². The highest BCUT2D eigenvalue weighted by molar-refractivity contribution is 7.90. The molecule has 7 nitrogen and oxygen atoms in total. The Balaban J connectivity index is 2.26. The minimum atomic E-state index is -3.88. The van der Waals surface area contributed by atoms with E-state index in [2.05, 4.69) is 9.44 Å². The highest BCUT2D eigenvalue weighted by atomic mass is 32.2. The summed E-state index contributed by atoms with van der Waals surface area (Å²) in [5.74, 6) is 0. The molecular formula is C10H15N3O4S2. The molecule has 4 N–H and O–H groups in total. The Hall–Kier alpha value is -1.16. The van der Waals surface area contributed by atoms with Crippen molar-refractivity contribution in [3.8, 4) is 0 Å². The Morgan fingerprint density at radius 3 is 2.37 bits per heavy atom. The molecule has 2 rings (SSSR count). The van der Waals surface area contributed by atoms with Crippen molar-refractivity contribution in [3.63, 3.8) is 0 Å². The fraction of sp³-hybridized carbons (Fsp3) is 0.400. The Labute approximate surface area is 112 Å². The molecule has 1 aromatic carbocycles. The van der Waals surface area contributed by atoms with Gasteiger partial charge in [-0.25, -0.2) is 13.6 Å². The smallest absolute Gasteiger partial charge is 0.271 e. The van der Waals surface area contributed by atoms with E-state index < -0.39 is 20.2 Å². The second-order valence-corrected chi connectivity index (χ2v) is 7.50. The molecule has 1 saturated carbocycles. The molecule has 0 bridgehead atoms. The van der Waals surface area contributed by atoms with Crippen molar-refractivity contribution >= 4 is 25.9 Å². The van der Waals surface area contributed by atoms with Crippen molar-refractivity contribution < 1.29 is 16.8 Å². The number of hydrogen-bond donors (Lipinski definition) is 3. The van der Waals surface area contributed by atoms with Gasteiger partial charge in [0.05, 0.1) is 10.6 Å². The average molecular weight is 305 g/mol. The van der Waals surface area contributed by atoms with Crippen LogP contribution in [0.25, 0.3) is 0 Å². The largest absolute Gasteiger partial charge is 0.299 e. The van der Waals surface area contributed by atoms with Gasteiger partial charge in [-0.05, 0) is 37.5 Å². The summed E-state index contributed by atoms with van der Waals surface area (Å²) < 4.78 is 50.8. The maximum absolute atomic E-state index is 11.7. The molecule has 0 aromatic heterocycles. The first-order valence-corrected chi connectivity index (χ1v) is 8.64. The van der Waals surface area contributed by atoms with Crippen LogP contribution in [0.3, 0.4) is 0 Å².